The van der Waals surface area contributed by atoms with Crippen molar-refractivity contribution in [3.8, 4) is 11.8 Å². The van der Waals surface area contributed by atoms with Crippen LogP contribution in [0.25, 0.3) is 0 Å². The summed E-state index contributed by atoms with van der Waals surface area (Å²) in [6.45, 7) is 0.870. The molecule has 0 aliphatic heterocycles. The molecule has 0 saturated carbocycles. The first kappa shape index (κ1) is 23.2. The van der Waals surface area contributed by atoms with Crippen molar-refractivity contribution < 1.29 is 19.4 Å². The number of nitrogens with zero attached hydrogens (tertiary/aromatic N) is 3. The number of halogens is 1. The number of hydrogen-bond donors (Lipinski definition) is 3. The Morgan fingerprint density at radius 2 is 2.09 bits per heavy atom. The highest BCUT2D eigenvalue weighted by Gasteiger charge is 2.16. The van der Waals surface area contributed by atoms with Gasteiger partial charge in [0.2, 0.25) is 0 Å². The number of rotatable bonds is 11. The summed E-state index contributed by atoms with van der Waals surface area (Å²) in [5.74, 6) is 0.529. The van der Waals surface area contributed by atoms with Crippen LogP contribution in [0.1, 0.15) is 28.0 Å². The lowest BCUT2D eigenvalue weighted by Crippen LogP contribution is -2.26. The summed E-state index contributed by atoms with van der Waals surface area (Å²) >= 11 is 6.20. The second-order valence-electron chi connectivity index (χ2n) is 6.68. The zero-order chi connectivity index (χ0) is 22.8. The number of aromatic nitrogens is 3. The number of aliphatic hydroxyl groups excluding tert-OH is 1. The monoisotopic (exact) mass is 457 g/mol. The number of hydrogen-bond acceptors (Lipinski definition) is 8. The van der Waals surface area contributed by atoms with Crippen LogP contribution < -0.4 is 20.1 Å². The van der Waals surface area contributed by atoms with Crippen molar-refractivity contribution in [2.75, 3.05) is 25.6 Å². The summed E-state index contributed by atoms with van der Waals surface area (Å²) in [4.78, 5) is 25.3. The van der Waals surface area contributed by atoms with Gasteiger partial charge in [0.05, 0.1) is 17.8 Å². The van der Waals surface area contributed by atoms with Crippen LogP contribution >= 0.6 is 11.6 Å². The Hall–Kier alpha value is -3.43. The van der Waals surface area contributed by atoms with E-state index in [2.05, 4.69) is 25.6 Å². The average Bonchev–Trinajstić information content (AvgIpc) is 2.82. The first-order valence-corrected chi connectivity index (χ1v) is 10.3. The Bertz CT molecular complexity index is 1040. The molecule has 0 radical (unpaired) electrons. The number of anilines is 1. The molecule has 3 aromatic rings. The third kappa shape index (κ3) is 6.53. The normalized spacial score (nSPS) is 10.5. The van der Waals surface area contributed by atoms with Crippen molar-refractivity contribution in [1.82, 2.24) is 20.3 Å². The SMILES string of the molecule is COc1ccc(CNc2nc(OCc3ccccn3)ncc2C(=O)NCCCO)cc1Cl. The van der Waals surface area contributed by atoms with Crippen molar-refractivity contribution in [1.29, 1.82) is 0 Å². The van der Waals surface area contributed by atoms with Crippen molar-refractivity contribution in [3.05, 3.63) is 70.6 Å². The lowest BCUT2D eigenvalue weighted by molar-refractivity contribution is 0.0951. The molecular weight excluding hydrogens is 434 g/mol. The molecule has 1 aromatic carbocycles. The molecule has 3 N–H and O–H groups in total. The van der Waals surface area contributed by atoms with Gasteiger partial charge in [-0.2, -0.15) is 4.98 Å². The molecule has 0 fully saturated rings. The van der Waals surface area contributed by atoms with Crippen LogP contribution in [0.2, 0.25) is 5.02 Å². The lowest BCUT2D eigenvalue weighted by Gasteiger charge is -2.13. The largest absolute Gasteiger partial charge is 0.495 e. The number of methoxy groups -OCH3 is 1. The molecule has 9 nitrogen and oxygen atoms in total. The predicted octanol–water partition coefficient (Wildman–Crippen LogP) is 2.84. The molecular formula is C22H24ClN5O4. The van der Waals surface area contributed by atoms with E-state index in [1.54, 1.807) is 25.4 Å². The molecule has 3 rings (SSSR count). The Balaban J connectivity index is 1.76. The highest BCUT2D eigenvalue weighted by molar-refractivity contribution is 6.32. The molecule has 0 aliphatic carbocycles. The molecule has 0 atom stereocenters. The Morgan fingerprint density at radius 3 is 2.81 bits per heavy atom. The molecule has 10 heteroatoms. The standard InChI is InChI=1S/C22H24ClN5O4/c1-31-19-7-6-15(11-18(19)23)12-26-20-17(21(30)25-9-4-10-29)13-27-22(28-20)32-14-16-5-2-3-8-24-16/h2-3,5-8,11,13,29H,4,9-10,12,14H2,1H3,(H,25,30)(H,26,27,28). The predicted molar refractivity (Wildman–Crippen MR) is 120 cm³/mol. The number of amides is 1. The molecule has 0 spiro atoms. The molecule has 168 valence electrons. The van der Waals surface area contributed by atoms with Gasteiger partial charge >= 0.3 is 6.01 Å². The highest BCUT2D eigenvalue weighted by atomic mass is 35.5. The fourth-order valence-electron chi connectivity index (χ4n) is 2.74. The van der Waals surface area contributed by atoms with Gasteiger partial charge in [0.25, 0.3) is 5.91 Å². The summed E-state index contributed by atoms with van der Waals surface area (Å²) in [5.41, 5.74) is 1.86. The number of pyridine rings is 1. The zero-order valence-corrected chi connectivity index (χ0v) is 18.3. The smallest absolute Gasteiger partial charge is 0.318 e. The maximum Gasteiger partial charge on any atom is 0.318 e. The van der Waals surface area contributed by atoms with Crippen LogP contribution in [-0.4, -0.2) is 46.2 Å². The average molecular weight is 458 g/mol. The molecule has 32 heavy (non-hydrogen) atoms. The third-order valence-electron chi connectivity index (χ3n) is 4.38. The minimum atomic E-state index is -0.356. The van der Waals surface area contributed by atoms with E-state index in [1.807, 2.05) is 24.3 Å². The van der Waals surface area contributed by atoms with Gasteiger partial charge in [0.1, 0.15) is 23.7 Å². The van der Waals surface area contributed by atoms with Crippen molar-refractivity contribution >= 4 is 23.3 Å². The van der Waals surface area contributed by atoms with Gasteiger partial charge in [-0.1, -0.05) is 23.7 Å². The van der Waals surface area contributed by atoms with E-state index in [9.17, 15) is 4.79 Å². The van der Waals surface area contributed by atoms with Crippen molar-refractivity contribution in [2.24, 2.45) is 0 Å². The number of carbonyl (C=O) groups is 1. The van der Waals surface area contributed by atoms with E-state index >= 15 is 0 Å². The van der Waals surface area contributed by atoms with Gasteiger partial charge in [0.15, 0.2) is 0 Å². The lowest BCUT2D eigenvalue weighted by atomic mass is 10.2. The van der Waals surface area contributed by atoms with E-state index in [1.165, 1.54) is 6.20 Å². The van der Waals surface area contributed by atoms with E-state index in [0.29, 0.717) is 36.1 Å². The van der Waals surface area contributed by atoms with Crippen LogP contribution in [0.3, 0.4) is 0 Å². The van der Waals surface area contributed by atoms with E-state index < -0.39 is 0 Å². The summed E-state index contributed by atoms with van der Waals surface area (Å²) in [7, 11) is 1.55. The number of ether oxygens (including phenoxy) is 2. The maximum atomic E-state index is 12.6. The second kappa shape index (κ2) is 11.8. The van der Waals surface area contributed by atoms with Crippen LogP contribution in [0, 0.1) is 0 Å². The summed E-state index contributed by atoms with van der Waals surface area (Å²) < 4.78 is 10.8. The van der Waals surface area contributed by atoms with E-state index in [4.69, 9.17) is 26.2 Å². The zero-order valence-electron chi connectivity index (χ0n) is 17.5. The minimum Gasteiger partial charge on any atom is -0.495 e. The molecule has 0 aliphatic rings. The van der Waals surface area contributed by atoms with Crippen molar-refractivity contribution in [3.63, 3.8) is 0 Å². The first-order valence-electron chi connectivity index (χ1n) is 9.95. The topological polar surface area (TPSA) is 118 Å². The van der Waals surface area contributed by atoms with Gasteiger partial charge in [-0.25, -0.2) is 4.98 Å². The van der Waals surface area contributed by atoms with Gasteiger partial charge in [-0.05, 0) is 36.2 Å². The number of benzene rings is 1. The number of carbonyl (C=O) groups excluding carboxylic acids is 1. The second-order valence-corrected chi connectivity index (χ2v) is 7.09. The molecule has 0 unspecified atom stereocenters. The highest BCUT2D eigenvalue weighted by Crippen LogP contribution is 2.25. The van der Waals surface area contributed by atoms with Gasteiger partial charge in [0, 0.05) is 32.1 Å². The maximum absolute atomic E-state index is 12.6. The fraction of sp³-hybridized carbons (Fsp3) is 0.273. The molecule has 1 amide bonds. The van der Waals surface area contributed by atoms with E-state index in [0.717, 1.165) is 11.3 Å². The van der Waals surface area contributed by atoms with Gasteiger partial charge in [-0.3, -0.25) is 9.78 Å². The van der Waals surface area contributed by atoms with Gasteiger partial charge < -0.3 is 25.2 Å². The van der Waals surface area contributed by atoms with Crippen LogP contribution in [0.5, 0.6) is 11.8 Å². The molecule has 0 saturated heterocycles. The Kier molecular flexibility index (Phi) is 8.59. The van der Waals surface area contributed by atoms with Crippen LogP contribution in [0.4, 0.5) is 5.82 Å². The van der Waals surface area contributed by atoms with Crippen LogP contribution in [0.15, 0.2) is 48.8 Å². The third-order valence-corrected chi connectivity index (χ3v) is 4.68. The minimum absolute atomic E-state index is 0.0135. The Labute approximate surface area is 190 Å². The molecule has 2 heterocycles. The van der Waals surface area contributed by atoms with Gasteiger partial charge in [-0.15, -0.1) is 0 Å². The number of aliphatic hydroxyl groups is 1. The fourth-order valence-corrected chi connectivity index (χ4v) is 3.02. The summed E-state index contributed by atoms with van der Waals surface area (Å²) in [6, 6.07) is 11.0. The van der Waals surface area contributed by atoms with E-state index in [-0.39, 0.29) is 30.7 Å². The van der Waals surface area contributed by atoms with Crippen LogP contribution in [-0.2, 0) is 13.2 Å². The first-order chi connectivity index (χ1) is 15.6. The molecule has 2 aromatic heterocycles. The molecule has 0 bridgehead atoms. The van der Waals surface area contributed by atoms with Crippen molar-refractivity contribution in [2.45, 2.75) is 19.6 Å². The number of nitrogens with one attached hydrogen (secondary N) is 2. The summed E-state index contributed by atoms with van der Waals surface area (Å²) in [5, 5.41) is 15.3. The Morgan fingerprint density at radius 1 is 1.22 bits per heavy atom. The summed E-state index contributed by atoms with van der Waals surface area (Å²) in [6.07, 6.45) is 3.52. The quantitative estimate of drug-likeness (QED) is 0.376.